The maximum Gasteiger partial charge on any atom is 0.344 e. The number of benzene rings is 2. The van der Waals surface area contributed by atoms with Crippen molar-refractivity contribution in [2.45, 2.75) is 13.8 Å². The van der Waals surface area contributed by atoms with Gasteiger partial charge in [-0.15, -0.1) is 0 Å². The van der Waals surface area contributed by atoms with Crippen LogP contribution in [0.3, 0.4) is 0 Å². The second-order valence-electron chi connectivity index (χ2n) is 5.32. The van der Waals surface area contributed by atoms with Gasteiger partial charge in [0.25, 0.3) is 0 Å². The number of nitrogens with zero attached hydrogens (tertiary/aromatic N) is 1. The number of hydrogen-bond acceptors (Lipinski definition) is 6. The molecule has 0 heterocycles. The van der Waals surface area contributed by atoms with E-state index in [4.69, 9.17) is 14.2 Å². The van der Waals surface area contributed by atoms with Gasteiger partial charge in [-0.1, -0.05) is 0 Å². The molecule has 1 N–H and O–H groups in total. The van der Waals surface area contributed by atoms with E-state index in [9.17, 15) is 9.18 Å². The number of nitrogens with one attached hydrogen (secondary N) is 1. The lowest BCUT2D eigenvalue weighted by atomic mass is 10.2. The molecule has 0 bridgehead atoms. The van der Waals surface area contributed by atoms with Crippen LogP contribution in [-0.2, 0) is 9.53 Å². The molecule has 0 atom stereocenters. The Balaban J connectivity index is 2.21. The lowest BCUT2D eigenvalue weighted by Gasteiger charge is -2.16. The summed E-state index contributed by atoms with van der Waals surface area (Å²) in [6.45, 7) is 4.02. The molecular formula is C19H19Br2FN2O4. The number of hydrogen-bond donors (Lipinski definition) is 1. The Morgan fingerprint density at radius 2 is 1.86 bits per heavy atom. The van der Waals surface area contributed by atoms with Crippen molar-refractivity contribution in [3.8, 4) is 11.5 Å². The monoisotopic (exact) mass is 516 g/mol. The lowest BCUT2D eigenvalue weighted by Crippen LogP contribution is -2.15. The molecule has 0 aliphatic rings. The molecule has 0 saturated carbocycles. The second-order valence-corrected chi connectivity index (χ2v) is 6.91. The van der Waals surface area contributed by atoms with E-state index in [2.05, 4.69) is 42.4 Å². The van der Waals surface area contributed by atoms with Gasteiger partial charge in [0.15, 0.2) is 18.1 Å². The molecular weight excluding hydrogens is 499 g/mol. The van der Waals surface area contributed by atoms with Crippen LogP contribution in [-0.4, -0.2) is 32.0 Å². The van der Waals surface area contributed by atoms with E-state index in [1.54, 1.807) is 31.3 Å². The molecule has 150 valence electrons. The highest BCUT2D eigenvalue weighted by atomic mass is 79.9. The van der Waals surface area contributed by atoms with E-state index in [0.29, 0.717) is 38.3 Å². The normalized spacial score (nSPS) is 10.8. The van der Waals surface area contributed by atoms with Gasteiger partial charge in [-0.2, -0.15) is 5.10 Å². The molecule has 0 aliphatic heterocycles. The van der Waals surface area contributed by atoms with Crippen LogP contribution in [0, 0.1) is 5.82 Å². The number of carbonyl (C=O) groups excluding carboxylic acids is 1. The molecule has 6 nitrogen and oxygen atoms in total. The first kappa shape index (κ1) is 22.2. The van der Waals surface area contributed by atoms with E-state index >= 15 is 0 Å². The summed E-state index contributed by atoms with van der Waals surface area (Å²) in [6.07, 6.45) is 1.58. The molecule has 2 aromatic carbocycles. The molecule has 0 unspecified atom stereocenters. The van der Waals surface area contributed by atoms with Crippen molar-refractivity contribution in [3.63, 3.8) is 0 Å². The number of halogens is 3. The number of rotatable bonds is 9. The van der Waals surface area contributed by atoms with Gasteiger partial charge >= 0.3 is 5.97 Å². The fourth-order valence-electron chi connectivity index (χ4n) is 2.13. The van der Waals surface area contributed by atoms with Crippen LogP contribution in [0.1, 0.15) is 19.4 Å². The predicted molar refractivity (Wildman–Crippen MR) is 113 cm³/mol. The average Bonchev–Trinajstić information content (AvgIpc) is 2.67. The third-order valence-electron chi connectivity index (χ3n) is 3.34. The van der Waals surface area contributed by atoms with Crippen molar-refractivity contribution in [2.75, 3.05) is 25.2 Å². The van der Waals surface area contributed by atoms with Crippen molar-refractivity contribution < 1.29 is 23.4 Å². The number of ether oxygens (including phenoxy) is 3. The summed E-state index contributed by atoms with van der Waals surface area (Å²) in [4.78, 5) is 11.6. The topological polar surface area (TPSA) is 69.2 Å². The molecule has 0 spiro atoms. The SMILES string of the molecule is CCOC(=O)COc1c(OCC)cc(/C=N\Nc2ccc(F)cc2)c(Br)c1Br. The first-order valence-corrected chi connectivity index (χ1v) is 10.0. The number of anilines is 1. The molecule has 2 rings (SSSR count). The summed E-state index contributed by atoms with van der Waals surface area (Å²) >= 11 is 6.94. The summed E-state index contributed by atoms with van der Waals surface area (Å²) in [5.74, 6) is 0.0404. The van der Waals surface area contributed by atoms with Crippen LogP contribution >= 0.6 is 31.9 Å². The molecule has 0 saturated heterocycles. The zero-order valence-corrected chi connectivity index (χ0v) is 18.5. The van der Waals surface area contributed by atoms with E-state index in [1.165, 1.54) is 12.1 Å². The maximum absolute atomic E-state index is 12.9. The Labute approximate surface area is 179 Å². The van der Waals surface area contributed by atoms with Crippen LogP contribution in [0.15, 0.2) is 44.4 Å². The second kappa shape index (κ2) is 11.0. The van der Waals surface area contributed by atoms with Gasteiger partial charge in [0.05, 0.1) is 29.6 Å². The van der Waals surface area contributed by atoms with Gasteiger partial charge in [-0.25, -0.2) is 9.18 Å². The van der Waals surface area contributed by atoms with Gasteiger partial charge in [0, 0.05) is 10.0 Å². The van der Waals surface area contributed by atoms with Crippen molar-refractivity contribution in [2.24, 2.45) is 5.10 Å². The van der Waals surface area contributed by atoms with Gasteiger partial charge in [0.1, 0.15) is 5.82 Å². The smallest absolute Gasteiger partial charge is 0.344 e. The predicted octanol–water partition coefficient (Wildman–Crippen LogP) is 5.14. The van der Waals surface area contributed by atoms with Crippen LogP contribution in [0.25, 0.3) is 0 Å². The van der Waals surface area contributed by atoms with Crippen LogP contribution in [0.4, 0.5) is 10.1 Å². The number of carbonyl (C=O) groups is 1. The van der Waals surface area contributed by atoms with E-state index < -0.39 is 5.97 Å². The van der Waals surface area contributed by atoms with Crippen LogP contribution in [0.5, 0.6) is 11.5 Å². The first-order valence-electron chi connectivity index (χ1n) is 8.44. The Hall–Kier alpha value is -2.13. The summed E-state index contributed by atoms with van der Waals surface area (Å²) in [5, 5.41) is 4.15. The minimum absolute atomic E-state index is 0.238. The van der Waals surface area contributed by atoms with Crippen molar-refractivity contribution >= 4 is 49.7 Å². The van der Waals surface area contributed by atoms with Gasteiger partial charge in [-0.05, 0) is 76.0 Å². The van der Waals surface area contributed by atoms with Gasteiger partial charge < -0.3 is 14.2 Å². The van der Waals surface area contributed by atoms with E-state index in [1.807, 2.05) is 6.92 Å². The summed E-state index contributed by atoms with van der Waals surface area (Å²) in [7, 11) is 0. The fourth-order valence-corrected chi connectivity index (χ4v) is 3.07. The highest BCUT2D eigenvalue weighted by molar-refractivity contribution is 9.13. The van der Waals surface area contributed by atoms with Crippen LogP contribution < -0.4 is 14.9 Å². The average molecular weight is 518 g/mol. The highest BCUT2D eigenvalue weighted by Crippen LogP contribution is 2.42. The largest absolute Gasteiger partial charge is 0.490 e. The molecule has 0 aromatic heterocycles. The van der Waals surface area contributed by atoms with Crippen molar-refractivity contribution in [1.82, 2.24) is 0 Å². The number of hydrazone groups is 1. The fraction of sp³-hybridized carbons (Fsp3) is 0.263. The maximum atomic E-state index is 12.9. The quantitative estimate of drug-likeness (QED) is 0.283. The Morgan fingerprint density at radius 3 is 2.50 bits per heavy atom. The minimum Gasteiger partial charge on any atom is -0.490 e. The zero-order chi connectivity index (χ0) is 20.5. The molecule has 0 radical (unpaired) electrons. The van der Waals surface area contributed by atoms with Crippen molar-refractivity contribution in [1.29, 1.82) is 0 Å². The molecule has 9 heteroatoms. The first-order chi connectivity index (χ1) is 13.5. The summed E-state index contributed by atoms with van der Waals surface area (Å²) in [5.41, 5.74) is 4.17. The Morgan fingerprint density at radius 1 is 1.14 bits per heavy atom. The number of esters is 1. The molecule has 0 amide bonds. The molecule has 28 heavy (non-hydrogen) atoms. The molecule has 0 fully saturated rings. The summed E-state index contributed by atoms with van der Waals surface area (Å²) < 4.78 is 30.3. The summed E-state index contributed by atoms with van der Waals surface area (Å²) in [6, 6.07) is 7.57. The van der Waals surface area contributed by atoms with Crippen LogP contribution in [0.2, 0.25) is 0 Å². The van der Waals surface area contributed by atoms with E-state index in [0.717, 1.165) is 0 Å². The highest BCUT2D eigenvalue weighted by Gasteiger charge is 2.18. The van der Waals surface area contributed by atoms with Gasteiger partial charge in [-0.3, -0.25) is 5.43 Å². The molecule has 0 aliphatic carbocycles. The van der Waals surface area contributed by atoms with Gasteiger partial charge in [0.2, 0.25) is 0 Å². The third kappa shape index (κ3) is 6.20. The van der Waals surface area contributed by atoms with E-state index in [-0.39, 0.29) is 19.0 Å². The zero-order valence-electron chi connectivity index (χ0n) is 15.3. The Kier molecular flexibility index (Phi) is 8.72. The molecule has 2 aromatic rings. The Bertz CT molecular complexity index is 845. The van der Waals surface area contributed by atoms with Crippen molar-refractivity contribution in [3.05, 3.63) is 50.7 Å². The minimum atomic E-state index is -0.470. The standard InChI is InChI=1S/C19H19Br2FN2O4/c1-3-26-15-9-12(10-23-24-14-7-5-13(22)6-8-14)17(20)18(21)19(15)28-11-16(25)27-4-2/h5-10,24H,3-4,11H2,1-2H3/b23-10-. The lowest BCUT2D eigenvalue weighted by molar-refractivity contribution is -0.145. The third-order valence-corrected chi connectivity index (χ3v) is 5.48.